The molecule has 0 radical (unpaired) electrons. The van der Waals surface area contributed by atoms with Gasteiger partial charge in [0.15, 0.2) is 0 Å². The van der Waals surface area contributed by atoms with Crippen molar-refractivity contribution in [2.45, 2.75) is 57.1 Å². The lowest BCUT2D eigenvalue weighted by molar-refractivity contribution is -0.186. The molecule has 1 N–H and O–H groups in total. The summed E-state index contributed by atoms with van der Waals surface area (Å²) in [5.41, 5.74) is -1.85. The minimum atomic E-state index is -0.971. The van der Waals surface area contributed by atoms with E-state index in [1.165, 1.54) is 0 Å². The normalized spacial score (nSPS) is 33.8. The Morgan fingerprint density at radius 3 is 2.35 bits per heavy atom. The zero-order valence-corrected chi connectivity index (χ0v) is 11.5. The molecule has 0 spiro atoms. The first-order valence-corrected chi connectivity index (χ1v) is 6.51. The van der Waals surface area contributed by atoms with Crippen molar-refractivity contribution < 1.29 is 14.6 Å². The predicted molar refractivity (Wildman–Crippen MR) is 66.8 cm³/mol. The maximum atomic E-state index is 12.3. The number of nitrogens with zero attached hydrogens (tertiary/aromatic N) is 1. The van der Waals surface area contributed by atoms with Gasteiger partial charge in [-0.15, -0.1) is 0 Å². The van der Waals surface area contributed by atoms with Crippen molar-refractivity contribution >= 4 is 5.97 Å². The summed E-state index contributed by atoms with van der Waals surface area (Å²) < 4.78 is 5.20. The highest BCUT2D eigenvalue weighted by atomic mass is 16.5. The molecule has 0 saturated heterocycles. The molecule has 0 unspecified atom stereocenters. The van der Waals surface area contributed by atoms with Crippen LogP contribution in [0.5, 0.6) is 0 Å². The van der Waals surface area contributed by atoms with Crippen LogP contribution in [0.3, 0.4) is 0 Å². The lowest BCUT2D eigenvalue weighted by atomic mass is 9.67. The molecule has 4 heteroatoms. The molecule has 1 fully saturated rings. The second-order valence-corrected chi connectivity index (χ2v) is 5.07. The van der Waals surface area contributed by atoms with E-state index in [1.54, 1.807) is 6.92 Å². The molecule has 0 aromatic carbocycles. The topological polar surface area (TPSA) is 49.8 Å². The van der Waals surface area contributed by atoms with Gasteiger partial charge < -0.3 is 9.84 Å². The van der Waals surface area contributed by atoms with Gasteiger partial charge in [-0.3, -0.25) is 4.90 Å². The summed E-state index contributed by atoms with van der Waals surface area (Å²) in [6, 6.07) is 0. The Morgan fingerprint density at radius 1 is 1.29 bits per heavy atom. The van der Waals surface area contributed by atoms with Crippen molar-refractivity contribution in [3.05, 3.63) is 0 Å². The lowest BCUT2D eigenvalue weighted by Crippen LogP contribution is -2.68. The van der Waals surface area contributed by atoms with Crippen molar-refractivity contribution in [1.82, 2.24) is 4.90 Å². The van der Waals surface area contributed by atoms with Gasteiger partial charge >= 0.3 is 5.97 Å². The molecule has 2 atom stereocenters. The fourth-order valence-electron chi connectivity index (χ4n) is 3.07. The fourth-order valence-corrected chi connectivity index (χ4v) is 3.07. The van der Waals surface area contributed by atoms with Crippen molar-refractivity contribution in [2.24, 2.45) is 0 Å². The van der Waals surface area contributed by atoms with Gasteiger partial charge in [0.1, 0.15) is 5.54 Å². The van der Waals surface area contributed by atoms with Crippen LogP contribution in [0, 0.1) is 0 Å². The van der Waals surface area contributed by atoms with Crippen molar-refractivity contribution in [3.8, 4) is 0 Å². The SMILES string of the molecule is CCOC(=O)[C@]1(N(C)C)CCCC[C@@]1(O)CC. The van der Waals surface area contributed by atoms with Crippen LogP contribution in [-0.2, 0) is 9.53 Å². The number of hydrogen-bond donors (Lipinski definition) is 1. The standard InChI is InChI=1S/C13H25NO3/c1-5-12(16)9-7-8-10-13(12,14(3)4)11(15)17-6-2/h16H,5-10H2,1-4H3/t12-,13+/m0/s1. The average Bonchev–Trinajstić information content (AvgIpc) is 2.29. The second-order valence-electron chi connectivity index (χ2n) is 5.07. The van der Waals surface area contributed by atoms with Crippen LogP contribution in [0.4, 0.5) is 0 Å². The van der Waals surface area contributed by atoms with Gasteiger partial charge in [-0.2, -0.15) is 0 Å². The van der Waals surface area contributed by atoms with E-state index in [2.05, 4.69) is 0 Å². The van der Waals surface area contributed by atoms with Crippen molar-refractivity contribution in [3.63, 3.8) is 0 Å². The lowest BCUT2D eigenvalue weighted by Gasteiger charge is -2.51. The molecule has 0 heterocycles. The Labute approximate surface area is 104 Å². The molecule has 4 nitrogen and oxygen atoms in total. The van der Waals surface area contributed by atoms with Crippen LogP contribution in [0.2, 0.25) is 0 Å². The van der Waals surface area contributed by atoms with Gasteiger partial charge in [0.05, 0.1) is 12.2 Å². The molecular formula is C13H25NO3. The van der Waals surface area contributed by atoms with Crippen LogP contribution in [0.25, 0.3) is 0 Å². The number of rotatable bonds is 4. The maximum absolute atomic E-state index is 12.3. The molecule has 0 aromatic heterocycles. The molecule has 0 aliphatic heterocycles. The molecular weight excluding hydrogens is 218 g/mol. The number of carbonyl (C=O) groups excluding carboxylic acids is 1. The van der Waals surface area contributed by atoms with E-state index >= 15 is 0 Å². The fraction of sp³-hybridized carbons (Fsp3) is 0.923. The number of hydrogen-bond acceptors (Lipinski definition) is 4. The Hall–Kier alpha value is -0.610. The summed E-state index contributed by atoms with van der Waals surface area (Å²) in [6.07, 6.45) is 3.84. The van der Waals surface area contributed by atoms with Gasteiger partial charge in [0.2, 0.25) is 0 Å². The van der Waals surface area contributed by atoms with E-state index in [-0.39, 0.29) is 5.97 Å². The summed E-state index contributed by atoms with van der Waals surface area (Å²) in [5, 5.41) is 10.8. The Balaban J connectivity index is 3.14. The van der Waals surface area contributed by atoms with E-state index in [4.69, 9.17) is 4.74 Å². The second kappa shape index (κ2) is 5.36. The highest BCUT2D eigenvalue weighted by molar-refractivity contribution is 5.83. The highest BCUT2D eigenvalue weighted by Gasteiger charge is 2.58. The Bertz CT molecular complexity index is 280. The van der Waals surface area contributed by atoms with E-state index in [9.17, 15) is 9.90 Å². The molecule has 1 aliphatic rings. The average molecular weight is 243 g/mol. The molecule has 1 rings (SSSR count). The van der Waals surface area contributed by atoms with Gasteiger partial charge in [0.25, 0.3) is 0 Å². The summed E-state index contributed by atoms with van der Waals surface area (Å²) in [6.45, 7) is 4.09. The van der Waals surface area contributed by atoms with Crippen molar-refractivity contribution in [2.75, 3.05) is 20.7 Å². The molecule has 1 saturated carbocycles. The summed E-state index contributed by atoms with van der Waals surface area (Å²) in [7, 11) is 3.70. The number of ether oxygens (including phenoxy) is 1. The highest BCUT2D eigenvalue weighted by Crippen LogP contribution is 2.43. The zero-order chi connectivity index (χ0) is 13.1. The van der Waals surface area contributed by atoms with Gasteiger partial charge in [-0.05, 0) is 40.3 Å². The third-order valence-electron chi connectivity index (χ3n) is 4.11. The third-order valence-corrected chi connectivity index (χ3v) is 4.11. The summed E-state index contributed by atoms with van der Waals surface area (Å²) >= 11 is 0. The van der Waals surface area contributed by atoms with Crippen molar-refractivity contribution in [1.29, 1.82) is 0 Å². The molecule has 0 bridgehead atoms. The third kappa shape index (κ3) is 2.20. The van der Waals surface area contributed by atoms with Crippen LogP contribution < -0.4 is 0 Å². The monoisotopic (exact) mass is 243 g/mol. The Morgan fingerprint density at radius 2 is 1.88 bits per heavy atom. The van der Waals surface area contributed by atoms with Gasteiger partial charge in [0, 0.05) is 0 Å². The quantitative estimate of drug-likeness (QED) is 0.761. The largest absolute Gasteiger partial charge is 0.465 e. The Kier molecular flexibility index (Phi) is 4.55. The number of carbonyl (C=O) groups is 1. The first-order chi connectivity index (χ1) is 7.94. The van der Waals surface area contributed by atoms with Crippen LogP contribution in [0.15, 0.2) is 0 Å². The smallest absolute Gasteiger partial charge is 0.329 e. The number of esters is 1. The first kappa shape index (κ1) is 14.5. The summed E-state index contributed by atoms with van der Waals surface area (Å²) in [5.74, 6) is -0.283. The van der Waals surface area contributed by atoms with Crippen LogP contribution in [0.1, 0.15) is 46.0 Å². The molecule has 17 heavy (non-hydrogen) atoms. The van der Waals surface area contributed by atoms with Crippen LogP contribution >= 0.6 is 0 Å². The predicted octanol–water partition coefficient (Wildman–Crippen LogP) is 1.56. The minimum Gasteiger partial charge on any atom is -0.465 e. The molecule has 1 aliphatic carbocycles. The number of aliphatic hydroxyl groups is 1. The minimum absolute atomic E-state index is 0.283. The van der Waals surface area contributed by atoms with E-state index < -0.39 is 11.1 Å². The van der Waals surface area contributed by atoms with Gasteiger partial charge in [-0.1, -0.05) is 19.8 Å². The molecule has 0 aromatic rings. The maximum Gasteiger partial charge on any atom is 0.329 e. The van der Waals surface area contributed by atoms with E-state index in [0.717, 1.165) is 12.8 Å². The van der Waals surface area contributed by atoms with Crippen LogP contribution in [-0.4, -0.2) is 47.8 Å². The summed E-state index contributed by atoms with van der Waals surface area (Å²) in [4.78, 5) is 14.2. The first-order valence-electron chi connectivity index (χ1n) is 6.51. The van der Waals surface area contributed by atoms with Gasteiger partial charge in [-0.25, -0.2) is 4.79 Å². The molecule has 100 valence electrons. The number of likely N-dealkylation sites (N-methyl/N-ethyl adjacent to an activating group) is 1. The zero-order valence-electron chi connectivity index (χ0n) is 11.5. The van der Waals surface area contributed by atoms with E-state index in [0.29, 0.717) is 25.9 Å². The van der Waals surface area contributed by atoms with E-state index in [1.807, 2.05) is 25.9 Å². The molecule has 0 amide bonds.